The van der Waals surface area contributed by atoms with Crippen molar-refractivity contribution >= 4 is 5.97 Å². The molecule has 0 aliphatic rings. The molecule has 0 N–H and O–H groups in total. The van der Waals surface area contributed by atoms with Gasteiger partial charge in [-0.25, -0.2) is 0 Å². The van der Waals surface area contributed by atoms with Gasteiger partial charge in [-0.15, -0.1) is 0 Å². The summed E-state index contributed by atoms with van der Waals surface area (Å²) in [5.41, 5.74) is 4.97. The van der Waals surface area contributed by atoms with Gasteiger partial charge in [0.25, 0.3) is 0 Å². The molecular formula is C22H24N2O2. The molecule has 1 heterocycles. The van der Waals surface area contributed by atoms with Crippen LogP contribution in [0.3, 0.4) is 0 Å². The first-order chi connectivity index (χ1) is 12.6. The Morgan fingerprint density at radius 1 is 1.08 bits per heavy atom. The quantitative estimate of drug-likeness (QED) is 0.571. The van der Waals surface area contributed by atoms with Gasteiger partial charge in [-0.05, 0) is 37.5 Å². The average Bonchev–Trinajstić information content (AvgIpc) is 3.06. The lowest BCUT2D eigenvalue weighted by molar-refractivity contribution is -0.134. The number of aryl methyl sites for hydroxylation is 1. The minimum Gasteiger partial charge on any atom is -0.407 e. The fourth-order valence-electron chi connectivity index (χ4n) is 2.81. The predicted molar refractivity (Wildman–Crippen MR) is 104 cm³/mol. The van der Waals surface area contributed by atoms with E-state index in [2.05, 4.69) is 26.8 Å². The highest BCUT2D eigenvalue weighted by atomic mass is 16.5. The van der Waals surface area contributed by atoms with E-state index in [1.807, 2.05) is 48.5 Å². The first kappa shape index (κ1) is 17.9. The maximum absolute atomic E-state index is 12.2. The van der Waals surface area contributed by atoms with E-state index >= 15 is 0 Å². The number of unbranched alkanes of at least 4 members (excludes halogenated alkanes) is 1. The molecule has 0 atom stereocenters. The van der Waals surface area contributed by atoms with E-state index < -0.39 is 0 Å². The van der Waals surface area contributed by atoms with Gasteiger partial charge in [-0.3, -0.25) is 4.79 Å². The summed E-state index contributed by atoms with van der Waals surface area (Å²) in [5, 5.41) is 4.73. The van der Waals surface area contributed by atoms with Gasteiger partial charge in [0.05, 0.1) is 11.4 Å². The molecule has 0 fully saturated rings. The van der Waals surface area contributed by atoms with Gasteiger partial charge in [-0.1, -0.05) is 55.8 Å². The second kappa shape index (κ2) is 8.00. The Kier molecular flexibility index (Phi) is 5.52. The molecule has 3 rings (SSSR count). The van der Waals surface area contributed by atoms with Crippen LogP contribution in [0.25, 0.3) is 16.9 Å². The van der Waals surface area contributed by atoms with Crippen molar-refractivity contribution in [3.63, 3.8) is 0 Å². The Labute approximate surface area is 154 Å². The first-order valence-electron chi connectivity index (χ1n) is 9.03. The van der Waals surface area contributed by atoms with Crippen LogP contribution in [0.1, 0.15) is 37.3 Å². The van der Waals surface area contributed by atoms with Gasteiger partial charge < -0.3 is 4.74 Å². The second-order valence-electron chi connectivity index (χ2n) is 6.44. The number of esters is 1. The summed E-state index contributed by atoms with van der Waals surface area (Å²) in [6.07, 6.45) is 2.19. The van der Waals surface area contributed by atoms with Gasteiger partial charge in [0, 0.05) is 18.1 Å². The first-order valence-corrected chi connectivity index (χ1v) is 9.03. The van der Waals surface area contributed by atoms with Crippen LogP contribution in [0.4, 0.5) is 0 Å². The Morgan fingerprint density at radius 2 is 1.85 bits per heavy atom. The summed E-state index contributed by atoms with van der Waals surface area (Å²) >= 11 is 0. The molecule has 0 aliphatic heterocycles. The molecule has 26 heavy (non-hydrogen) atoms. The summed E-state index contributed by atoms with van der Waals surface area (Å²) in [6.45, 7) is 6.17. The van der Waals surface area contributed by atoms with Crippen LogP contribution < -0.4 is 4.74 Å². The number of benzene rings is 2. The summed E-state index contributed by atoms with van der Waals surface area (Å²) in [6, 6.07) is 17.8. The lowest BCUT2D eigenvalue weighted by Crippen LogP contribution is -2.11. The Morgan fingerprint density at radius 3 is 2.58 bits per heavy atom. The van der Waals surface area contributed by atoms with Crippen LogP contribution in [0.15, 0.2) is 54.6 Å². The van der Waals surface area contributed by atoms with Gasteiger partial charge in [-0.2, -0.15) is 9.78 Å². The number of carbonyl (C=O) groups excluding carboxylic acids is 1. The molecule has 0 unspecified atom stereocenters. The van der Waals surface area contributed by atoms with Crippen LogP contribution in [-0.2, 0) is 4.79 Å². The summed E-state index contributed by atoms with van der Waals surface area (Å²) in [4.78, 5) is 12.2. The van der Waals surface area contributed by atoms with E-state index in [1.54, 1.807) is 4.68 Å². The molecule has 4 nitrogen and oxygen atoms in total. The van der Waals surface area contributed by atoms with Gasteiger partial charge in [0.15, 0.2) is 0 Å². The number of rotatable bonds is 6. The van der Waals surface area contributed by atoms with Crippen molar-refractivity contribution in [1.82, 2.24) is 9.78 Å². The number of ether oxygens (including phenoxy) is 1. The molecule has 0 saturated carbocycles. The van der Waals surface area contributed by atoms with E-state index in [1.165, 1.54) is 5.56 Å². The summed E-state index contributed by atoms with van der Waals surface area (Å²) in [5.74, 6) is 0.233. The molecule has 2 aromatic carbocycles. The Hall–Kier alpha value is -2.88. The van der Waals surface area contributed by atoms with Crippen LogP contribution in [0.5, 0.6) is 5.88 Å². The van der Waals surface area contributed by atoms with Crippen molar-refractivity contribution in [2.75, 3.05) is 0 Å². The fraction of sp³-hybridized carbons (Fsp3) is 0.273. The molecule has 1 aromatic heterocycles. The highest BCUT2D eigenvalue weighted by molar-refractivity contribution is 5.73. The number of hydrogen-bond acceptors (Lipinski definition) is 3. The number of carbonyl (C=O) groups is 1. The van der Waals surface area contributed by atoms with E-state index in [9.17, 15) is 4.79 Å². The van der Waals surface area contributed by atoms with E-state index in [4.69, 9.17) is 9.84 Å². The number of hydrogen-bond donors (Lipinski definition) is 0. The zero-order valence-corrected chi connectivity index (χ0v) is 15.5. The maximum atomic E-state index is 12.2. The highest BCUT2D eigenvalue weighted by Crippen LogP contribution is 2.28. The molecule has 0 saturated heterocycles. The monoisotopic (exact) mass is 348 g/mol. The smallest absolute Gasteiger partial charge is 0.312 e. The lowest BCUT2D eigenvalue weighted by atomic mass is 10.1. The standard InChI is InChI=1S/C22H24N2O2/c1-4-5-14-22(25)26-21-15-19(18-11-7-6-8-12-18)23-24(21)20-13-9-10-16(2)17(20)3/h6-13,15H,4-5,14H2,1-3H3. The van der Waals surface area contributed by atoms with Crippen LogP contribution in [-0.4, -0.2) is 15.7 Å². The third-order valence-corrected chi connectivity index (χ3v) is 4.50. The van der Waals surface area contributed by atoms with Crippen LogP contribution >= 0.6 is 0 Å². The molecule has 0 bridgehead atoms. The van der Waals surface area contributed by atoms with Gasteiger partial charge in [0.1, 0.15) is 0 Å². The topological polar surface area (TPSA) is 44.1 Å². The SMILES string of the molecule is CCCCC(=O)Oc1cc(-c2ccccc2)nn1-c1cccc(C)c1C. The molecule has 134 valence electrons. The van der Waals surface area contributed by atoms with Gasteiger partial charge >= 0.3 is 5.97 Å². The van der Waals surface area contributed by atoms with Crippen molar-refractivity contribution in [3.05, 3.63) is 65.7 Å². The van der Waals surface area contributed by atoms with E-state index in [-0.39, 0.29) is 5.97 Å². The zero-order chi connectivity index (χ0) is 18.5. The largest absolute Gasteiger partial charge is 0.407 e. The van der Waals surface area contributed by atoms with Crippen LogP contribution in [0, 0.1) is 13.8 Å². The second-order valence-corrected chi connectivity index (χ2v) is 6.44. The molecule has 4 heteroatoms. The summed E-state index contributed by atoms with van der Waals surface area (Å²) in [7, 11) is 0. The number of aromatic nitrogens is 2. The molecule has 0 spiro atoms. The minimum atomic E-state index is -0.224. The average molecular weight is 348 g/mol. The van der Waals surface area contributed by atoms with Crippen molar-refractivity contribution < 1.29 is 9.53 Å². The van der Waals surface area contributed by atoms with Crippen LogP contribution in [0.2, 0.25) is 0 Å². The highest BCUT2D eigenvalue weighted by Gasteiger charge is 2.17. The molecule has 0 aliphatic carbocycles. The maximum Gasteiger partial charge on any atom is 0.312 e. The Balaban J connectivity index is 2.04. The van der Waals surface area contributed by atoms with Crippen molar-refractivity contribution in [3.8, 4) is 22.8 Å². The van der Waals surface area contributed by atoms with E-state index in [0.717, 1.165) is 35.3 Å². The van der Waals surface area contributed by atoms with Crippen molar-refractivity contribution in [2.24, 2.45) is 0 Å². The Bertz CT molecular complexity index is 898. The molecule has 3 aromatic rings. The molecule has 0 radical (unpaired) electrons. The number of nitrogens with zero attached hydrogens (tertiary/aromatic N) is 2. The third kappa shape index (κ3) is 3.85. The van der Waals surface area contributed by atoms with Gasteiger partial charge in [0.2, 0.25) is 5.88 Å². The molecule has 0 amide bonds. The van der Waals surface area contributed by atoms with Crippen molar-refractivity contribution in [1.29, 1.82) is 0 Å². The van der Waals surface area contributed by atoms with Crippen molar-refractivity contribution in [2.45, 2.75) is 40.0 Å². The lowest BCUT2D eigenvalue weighted by Gasteiger charge is -2.11. The molecular weight excluding hydrogens is 324 g/mol. The van der Waals surface area contributed by atoms with E-state index in [0.29, 0.717) is 12.3 Å². The fourth-order valence-corrected chi connectivity index (χ4v) is 2.81. The normalized spacial score (nSPS) is 10.7. The predicted octanol–water partition coefficient (Wildman–Crippen LogP) is 5.25. The minimum absolute atomic E-state index is 0.224. The zero-order valence-electron chi connectivity index (χ0n) is 15.5. The third-order valence-electron chi connectivity index (χ3n) is 4.50. The summed E-state index contributed by atoms with van der Waals surface area (Å²) < 4.78 is 7.39.